The summed E-state index contributed by atoms with van der Waals surface area (Å²) in [5.41, 5.74) is 6.65. The zero-order valence-corrected chi connectivity index (χ0v) is 23.2. The first-order valence-electron chi connectivity index (χ1n) is 14.0. The fourth-order valence-corrected chi connectivity index (χ4v) is 5.36. The number of aromatic nitrogens is 2. The molecule has 41 heavy (non-hydrogen) atoms. The van der Waals surface area contributed by atoms with Gasteiger partial charge in [0.05, 0.1) is 32.0 Å². The van der Waals surface area contributed by atoms with Crippen molar-refractivity contribution in [3.8, 4) is 28.3 Å². The second-order valence-corrected chi connectivity index (χ2v) is 10.8. The number of hydrogen-bond acceptors (Lipinski definition) is 7. The number of hydrogen-bond donors (Lipinski definition) is 1. The summed E-state index contributed by atoms with van der Waals surface area (Å²) in [6.07, 6.45) is 7.32. The average Bonchev–Trinajstić information content (AvgIpc) is 3.75. The molecule has 0 spiro atoms. The third-order valence-electron chi connectivity index (χ3n) is 7.76. The lowest BCUT2D eigenvalue weighted by Gasteiger charge is -2.24. The van der Waals surface area contributed by atoms with Crippen LogP contribution in [0.4, 0.5) is 5.69 Å². The lowest BCUT2D eigenvalue weighted by molar-refractivity contribution is 0.0259. The van der Waals surface area contributed by atoms with Crippen LogP contribution in [0, 0.1) is 13.5 Å². The molecule has 3 aromatic heterocycles. The smallest absolute Gasteiger partial charge is 0.255 e. The van der Waals surface area contributed by atoms with Crippen LogP contribution in [-0.4, -0.2) is 65.4 Å². The molecular weight excluding hydrogens is 520 g/mol. The van der Waals surface area contributed by atoms with Gasteiger partial charge in [0.15, 0.2) is 11.3 Å². The molecular formula is C32H32N4O5. The fourth-order valence-electron chi connectivity index (χ4n) is 5.36. The zero-order valence-electron chi connectivity index (χ0n) is 23.2. The van der Waals surface area contributed by atoms with Gasteiger partial charge in [0.25, 0.3) is 5.91 Å². The van der Waals surface area contributed by atoms with Gasteiger partial charge in [-0.15, -0.1) is 0 Å². The maximum absolute atomic E-state index is 12.7. The number of carbonyl (C=O) groups excluding carboxylic acids is 1. The number of amides is 1. The fraction of sp³-hybridized carbons (Fsp3) is 0.375. The first-order chi connectivity index (χ1) is 20.0. The number of aryl methyl sites for hydroxylation is 1. The topological polar surface area (TPSA) is 102 Å². The lowest BCUT2D eigenvalue weighted by Crippen LogP contribution is -2.29. The highest BCUT2D eigenvalue weighted by Crippen LogP contribution is 2.48. The Labute approximate surface area is 238 Å². The molecule has 2 fully saturated rings. The second kappa shape index (κ2) is 11.3. The molecule has 210 valence electrons. The number of nitrogens with zero attached hydrogens (tertiary/aromatic N) is 4. The van der Waals surface area contributed by atoms with Crippen LogP contribution < -0.4 is 4.74 Å². The van der Waals surface area contributed by atoms with E-state index in [0.29, 0.717) is 58.7 Å². The average molecular weight is 553 g/mol. The van der Waals surface area contributed by atoms with E-state index in [0.717, 1.165) is 47.9 Å². The summed E-state index contributed by atoms with van der Waals surface area (Å²) in [7, 11) is 1.65. The normalized spacial score (nSPS) is 15.6. The number of fused-ring (bicyclic) bond motifs is 1. The Morgan fingerprint density at radius 1 is 1.15 bits per heavy atom. The van der Waals surface area contributed by atoms with E-state index in [1.165, 1.54) is 11.1 Å². The third kappa shape index (κ3) is 5.41. The number of ether oxygens (including phenoxy) is 2. The van der Waals surface area contributed by atoms with Gasteiger partial charge >= 0.3 is 0 Å². The minimum atomic E-state index is -0.205. The van der Waals surface area contributed by atoms with Gasteiger partial charge in [-0.1, -0.05) is 6.07 Å². The maximum atomic E-state index is 12.7. The van der Waals surface area contributed by atoms with Gasteiger partial charge in [-0.25, -0.2) is 4.85 Å². The number of pyridine rings is 2. The van der Waals surface area contributed by atoms with Crippen LogP contribution in [0.15, 0.2) is 47.1 Å². The molecule has 0 bridgehead atoms. The summed E-state index contributed by atoms with van der Waals surface area (Å²) in [4.78, 5) is 27.2. The Kier molecular flexibility index (Phi) is 7.43. The van der Waals surface area contributed by atoms with Crippen LogP contribution in [0.1, 0.15) is 53.1 Å². The molecule has 1 saturated heterocycles. The number of furan rings is 1. The molecule has 9 nitrogen and oxygen atoms in total. The van der Waals surface area contributed by atoms with Crippen molar-refractivity contribution < 1.29 is 23.8 Å². The van der Waals surface area contributed by atoms with Crippen molar-refractivity contribution >= 4 is 22.7 Å². The van der Waals surface area contributed by atoms with Crippen LogP contribution >= 0.6 is 0 Å². The van der Waals surface area contributed by atoms with Gasteiger partial charge in [0, 0.05) is 50.5 Å². The minimum absolute atomic E-state index is 0.0462. The Morgan fingerprint density at radius 2 is 1.95 bits per heavy atom. The SMILES string of the molecule is [C-]#[N+]c1cc(-c2c(C3CC3)cnc3cc(-c4ncc(C(=O)N(C)CCO)cc4C)oc23)ccc1OC1CCOCC1. The van der Waals surface area contributed by atoms with Gasteiger partial charge in [-0.2, -0.15) is 0 Å². The number of benzene rings is 1. The van der Waals surface area contributed by atoms with Crippen molar-refractivity contribution in [2.75, 3.05) is 33.4 Å². The quantitative estimate of drug-likeness (QED) is 0.271. The summed E-state index contributed by atoms with van der Waals surface area (Å²) >= 11 is 0. The van der Waals surface area contributed by atoms with E-state index in [1.807, 2.05) is 37.4 Å². The van der Waals surface area contributed by atoms with E-state index < -0.39 is 0 Å². The van der Waals surface area contributed by atoms with Gasteiger partial charge in [0.1, 0.15) is 23.1 Å². The van der Waals surface area contributed by atoms with E-state index in [1.54, 1.807) is 13.1 Å². The molecule has 0 unspecified atom stereocenters. The molecule has 2 aliphatic rings. The Bertz CT molecular complexity index is 1650. The van der Waals surface area contributed by atoms with Gasteiger partial charge < -0.3 is 23.9 Å². The van der Waals surface area contributed by atoms with Crippen molar-refractivity contribution in [3.63, 3.8) is 0 Å². The standard InChI is InChI=1S/C32H32N4O5/c1-19-14-22(32(38)36(3)10-11-37)17-35-30(19)28-16-26-31(41-28)29(24(18-34-26)20-4-5-20)21-6-7-27(25(15-21)33-2)40-23-8-12-39-13-9-23/h6-7,14-18,20,23,37H,4-5,8-13H2,1,3H3. The maximum Gasteiger partial charge on any atom is 0.255 e. The molecule has 9 heteroatoms. The Hall–Kier alpha value is -4.26. The summed E-state index contributed by atoms with van der Waals surface area (Å²) in [6, 6.07) is 9.44. The summed E-state index contributed by atoms with van der Waals surface area (Å²) in [5, 5.41) is 9.17. The highest BCUT2D eigenvalue weighted by molar-refractivity contribution is 5.96. The molecule has 6 rings (SSSR count). The molecule has 1 aliphatic heterocycles. The zero-order chi connectivity index (χ0) is 28.5. The van der Waals surface area contributed by atoms with Crippen molar-refractivity contribution in [2.45, 2.75) is 44.6 Å². The first kappa shape index (κ1) is 26.9. The molecule has 1 aromatic carbocycles. The van der Waals surface area contributed by atoms with E-state index in [2.05, 4.69) is 9.83 Å². The molecule has 4 heterocycles. The van der Waals surface area contributed by atoms with Crippen LogP contribution in [-0.2, 0) is 4.74 Å². The predicted octanol–water partition coefficient (Wildman–Crippen LogP) is 5.92. The number of carbonyl (C=O) groups is 1. The van der Waals surface area contributed by atoms with Crippen LogP contribution in [0.3, 0.4) is 0 Å². The summed E-state index contributed by atoms with van der Waals surface area (Å²) in [6.45, 7) is 11.2. The lowest BCUT2D eigenvalue weighted by atomic mass is 9.97. The molecule has 0 radical (unpaired) electrons. The van der Waals surface area contributed by atoms with Crippen molar-refractivity contribution in [2.24, 2.45) is 0 Å². The number of aliphatic hydroxyl groups is 1. The van der Waals surface area contributed by atoms with Gasteiger partial charge in [0.2, 0.25) is 5.69 Å². The molecule has 1 amide bonds. The van der Waals surface area contributed by atoms with Gasteiger partial charge in [-0.05, 0) is 60.6 Å². The third-order valence-corrected chi connectivity index (χ3v) is 7.76. The van der Waals surface area contributed by atoms with E-state index in [4.69, 9.17) is 30.6 Å². The summed E-state index contributed by atoms with van der Waals surface area (Å²) < 4.78 is 18.1. The van der Waals surface area contributed by atoms with Crippen molar-refractivity contribution in [1.82, 2.24) is 14.9 Å². The largest absolute Gasteiger partial charge is 0.501 e. The van der Waals surface area contributed by atoms with Crippen LogP contribution in [0.25, 0.3) is 38.5 Å². The second-order valence-electron chi connectivity index (χ2n) is 10.8. The van der Waals surface area contributed by atoms with E-state index in [9.17, 15) is 4.79 Å². The minimum Gasteiger partial charge on any atom is -0.501 e. The molecule has 1 aliphatic carbocycles. The molecule has 1 N–H and O–H groups in total. The summed E-state index contributed by atoms with van der Waals surface area (Å²) in [5.74, 6) is 1.36. The molecule has 1 saturated carbocycles. The van der Waals surface area contributed by atoms with Gasteiger partial charge in [-0.3, -0.25) is 14.8 Å². The van der Waals surface area contributed by atoms with E-state index in [-0.39, 0.29) is 25.2 Å². The highest BCUT2D eigenvalue weighted by Gasteiger charge is 2.30. The molecule has 4 aromatic rings. The predicted molar refractivity (Wildman–Crippen MR) is 154 cm³/mol. The number of aliphatic hydroxyl groups excluding tert-OH is 1. The monoisotopic (exact) mass is 552 g/mol. The van der Waals surface area contributed by atoms with E-state index >= 15 is 0 Å². The Balaban J connectivity index is 1.38. The van der Waals surface area contributed by atoms with Crippen LogP contribution in [0.2, 0.25) is 0 Å². The van der Waals surface area contributed by atoms with Crippen LogP contribution in [0.5, 0.6) is 5.75 Å². The Morgan fingerprint density at radius 3 is 2.66 bits per heavy atom. The van der Waals surface area contributed by atoms with Crippen molar-refractivity contribution in [3.05, 3.63) is 70.8 Å². The first-order valence-corrected chi connectivity index (χ1v) is 14.0. The van der Waals surface area contributed by atoms with Crippen molar-refractivity contribution in [1.29, 1.82) is 0 Å². The number of likely N-dealkylation sites (N-methyl/N-ethyl adjacent to an activating group) is 1. The molecule has 0 atom stereocenters. The number of rotatable bonds is 8. The highest BCUT2D eigenvalue weighted by atomic mass is 16.5.